The summed E-state index contributed by atoms with van der Waals surface area (Å²) in [6, 6.07) is 0. The molecule has 0 saturated heterocycles. The van der Waals surface area contributed by atoms with E-state index < -0.39 is 0 Å². The molecule has 0 aromatic carbocycles. The van der Waals surface area contributed by atoms with Gasteiger partial charge in [-0.15, -0.1) is 38.7 Å². The predicted octanol–water partition coefficient (Wildman–Crippen LogP) is 5.49. The first-order valence-corrected chi connectivity index (χ1v) is 10.3. The third kappa shape index (κ3) is 13.0. The van der Waals surface area contributed by atoms with E-state index in [1.165, 1.54) is 22.3 Å². The zero-order valence-electron chi connectivity index (χ0n) is 15.3. The minimum absolute atomic E-state index is 0. The van der Waals surface area contributed by atoms with Gasteiger partial charge in [0.2, 0.25) is 0 Å². The average Bonchev–Trinajstić information content (AvgIpc) is 2.74. The van der Waals surface area contributed by atoms with Crippen molar-refractivity contribution in [2.24, 2.45) is 11.8 Å². The average molecular weight is 395 g/mol. The van der Waals surface area contributed by atoms with Crippen LogP contribution in [0.2, 0.25) is 0 Å². The fraction of sp³-hybridized carbons (Fsp3) is 0.444. The van der Waals surface area contributed by atoms with Crippen LogP contribution >= 0.6 is 24.8 Å². The standard InChI is InChI=1S/2C8H11.2CH3.2ClH.H2Si.Ti/c2*1-6-4-7(2)8(3)5-6;;;;;;/h2*4,6H,1-3H3;2*1H3;2*1H;1H2;/q4*-1;;;;. The Hall–Kier alpha value is 0.471. The van der Waals surface area contributed by atoms with Gasteiger partial charge in [0.05, 0.1) is 0 Å². The van der Waals surface area contributed by atoms with Crippen LogP contribution in [0.1, 0.15) is 41.5 Å². The molecule has 0 saturated carbocycles. The van der Waals surface area contributed by atoms with Crippen LogP contribution in [0.4, 0.5) is 0 Å². The SMILES string of the molecule is CC1=[C-]C(C)C=C1C.CC1=[C-]C(C)C=C1C.Cl.Cl.[CH3-].[CH3-].[SiH2]=[Ti]. The molecule has 0 N–H and O–H groups in total. The Morgan fingerprint density at radius 1 is 0.773 bits per heavy atom. The molecular weight excluding hydrogens is 363 g/mol. The summed E-state index contributed by atoms with van der Waals surface area (Å²) in [5, 5.41) is 0. The summed E-state index contributed by atoms with van der Waals surface area (Å²) >= 11 is 2.03. The third-order valence-electron chi connectivity index (χ3n) is 3.07. The Morgan fingerprint density at radius 2 is 1.00 bits per heavy atom. The van der Waals surface area contributed by atoms with Crippen molar-refractivity contribution in [1.29, 1.82) is 0 Å². The number of halogens is 2. The summed E-state index contributed by atoms with van der Waals surface area (Å²) in [6.45, 7) is 12.8. The second-order valence-corrected chi connectivity index (χ2v) is 4.82. The molecular formula is C18H32Cl2SiTi-4. The summed E-state index contributed by atoms with van der Waals surface area (Å²) in [5.41, 5.74) is 5.41. The van der Waals surface area contributed by atoms with Crippen molar-refractivity contribution in [2.45, 2.75) is 41.5 Å². The van der Waals surface area contributed by atoms with E-state index in [4.69, 9.17) is 0 Å². The molecule has 0 aromatic heterocycles. The Labute approximate surface area is 165 Å². The summed E-state index contributed by atoms with van der Waals surface area (Å²) in [5.74, 6) is 1.10. The van der Waals surface area contributed by atoms with Gasteiger partial charge in [-0.2, -0.15) is 12.2 Å². The molecule has 2 aliphatic rings. The second-order valence-electron chi connectivity index (χ2n) is 4.82. The van der Waals surface area contributed by atoms with Crippen molar-refractivity contribution in [1.82, 2.24) is 0 Å². The molecule has 0 bridgehead atoms. The molecule has 0 nitrogen and oxygen atoms in total. The van der Waals surface area contributed by atoms with Crippen LogP contribution in [0.5, 0.6) is 0 Å². The quantitative estimate of drug-likeness (QED) is 0.376. The van der Waals surface area contributed by atoms with Gasteiger partial charge in [0.15, 0.2) is 0 Å². The van der Waals surface area contributed by atoms with Crippen LogP contribution in [-0.2, 0) is 19.2 Å². The number of rotatable bonds is 0. The topological polar surface area (TPSA) is 0 Å². The zero-order chi connectivity index (χ0) is 14.3. The van der Waals surface area contributed by atoms with E-state index in [1.807, 2.05) is 26.8 Å². The van der Waals surface area contributed by atoms with Gasteiger partial charge in [0, 0.05) is 0 Å². The molecule has 2 atom stereocenters. The molecule has 0 amide bonds. The van der Waals surface area contributed by atoms with Crippen molar-refractivity contribution in [2.75, 3.05) is 0 Å². The van der Waals surface area contributed by atoms with Gasteiger partial charge in [-0.05, 0) is 0 Å². The molecule has 22 heavy (non-hydrogen) atoms. The van der Waals surface area contributed by atoms with Crippen LogP contribution < -0.4 is 0 Å². The molecule has 0 spiro atoms. The normalized spacial score (nSPS) is 20.2. The van der Waals surface area contributed by atoms with E-state index in [9.17, 15) is 0 Å². The summed E-state index contributed by atoms with van der Waals surface area (Å²) in [4.78, 5) is 0. The van der Waals surface area contributed by atoms with Gasteiger partial charge < -0.3 is 14.9 Å². The van der Waals surface area contributed by atoms with Crippen molar-refractivity contribution in [3.8, 4) is 0 Å². The van der Waals surface area contributed by atoms with E-state index >= 15 is 0 Å². The fourth-order valence-corrected chi connectivity index (χ4v) is 1.99. The minimum atomic E-state index is 0. The first kappa shape index (κ1) is 33.9. The summed E-state index contributed by atoms with van der Waals surface area (Å²) in [7, 11) is 1.86. The van der Waals surface area contributed by atoms with Gasteiger partial charge in [0.1, 0.15) is 0 Å². The Morgan fingerprint density at radius 3 is 1.05 bits per heavy atom. The van der Waals surface area contributed by atoms with Crippen LogP contribution in [-0.4, -0.2) is 7.63 Å². The first-order chi connectivity index (χ1) is 8.40. The van der Waals surface area contributed by atoms with Crippen LogP contribution in [0.3, 0.4) is 0 Å². The van der Waals surface area contributed by atoms with Crippen LogP contribution in [0, 0.1) is 38.8 Å². The number of allylic oxidation sites excluding steroid dienone is 8. The number of hydrogen-bond donors (Lipinski definition) is 0. The molecule has 0 fully saturated rings. The molecule has 2 rings (SSSR count). The molecule has 130 valence electrons. The Balaban J connectivity index is -0.0000000676. The monoisotopic (exact) mass is 394 g/mol. The predicted molar refractivity (Wildman–Crippen MR) is 107 cm³/mol. The third-order valence-corrected chi connectivity index (χ3v) is 3.07. The molecule has 0 aliphatic heterocycles. The van der Waals surface area contributed by atoms with E-state index in [0.29, 0.717) is 11.8 Å². The van der Waals surface area contributed by atoms with Crippen molar-refractivity contribution < 1.29 is 19.2 Å². The zero-order valence-corrected chi connectivity index (χ0v) is 19.9. The van der Waals surface area contributed by atoms with Crippen LogP contribution in [0.15, 0.2) is 34.4 Å². The molecule has 2 aliphatic carbocycles. The van der Waals surface area contributed by atoms with E-state index in [-0.39, 0.29) is 39.7 Å². The fourth-order valence-electron chi connectivity index (χ4n) is 1.99. The van der Waals surface area contributed by atoms with E-state index in [0.717, 1.165) is 0 Å². The van der Waals surface area contributed by atoms with Crippen LogP contribution in [0.25, 0.3) is 0 Å². The molecule has 0 heterocycles. The molecule has 0 aromatic rings. The summed E-state index contributed by atoms with van der Waals surface area (Å²) < 4.78 is 0. The molecule has 0 radical (unpaired) electrons. The van der Waals surface area contributed by atoms with Gasteiger partial charge in [-0.3, -0.25) is 12.2 Å². The first-order valence-electron chi connectivity index (χ1n) is 6.33. The summed E-state index contributed by atoms with van der Waals surface area (Å²) in [6.07, 6.45) is 11.0. The second kappa shape index (κ2) is 17.8. The van der Waals surface area contributed by atoms with Gasteiger partial charge in [0.25, 0.3) is 0 Å². The molecule has 2 unspecified atom stereocenters. The van der Waals surface area contributed by atoms with Gasteiger partial charge >= 0.3 is 26.8 Å². The maximum atomic E-state index is 3.29. The van der Waals surface area contributed by atoms with Gasteiger partial charge in [-0.1, -0.05) is 39.5 Å². The van der Waals surface area contributed by atoms with E-state index in [1.54, 1.807) is 0 Å². The van der Waals surface area contributed by atoms with Crippen molar-refractivity contribution in [3.63, 3.8) is 0 Å². The van der Waals surface area contributed by atoms with Crippen molar-refractivity contribution in [3.05, 3.63) is 61.4 Å². The van der Waals surface area contributed by atoms with Crippen molar-refractivity contribution >= 4 is 32.4 Å². The Kier molecular flexibility index (Phi) is 27.5. The maximum absolute atomic E-state index is 3.29. The Bertz CT molecular complexity index is 335. The van der Waals surface area contributed by atoms with Gasteiger partial charge in [-0.25, -0.2) is 22.3 Å². The number of hydrogen-bond acceptors (Lipinski definition) is 0. The molecule has 4 heteroatoms. The van der Waals surface area contributed by atoms with E-state index in [2.05, 4.69) is 65.8 Å².